The van der Waals surface area contributed by atoms with Gasteiger partial charge >= 0.3 is 5.97 Å². The normalized spacial score (nSPS) is 10.1. The fraction of sp³-hybridized carbons (Fsp3) is 0.375. The maximum atomic E-state index is 10.2. The maximum absolute atomic E-state index is 10.2. The van der Waals surface area contributed by atoms with Crippen LogP contribution in [0.15, 0.2) is 18.3 Å². The maximum Gasteiger partial charge on any atom is 0.305 e. The van der Waals surface area contributed by atoms with Gasteiger partial charge < -0.3 is 15.4 Å². The molecule has 12 heavy (non-hydrogen) atoms. The molecule has 0 aliphatic heterocycles. The molecule has 4 heteroatoms. The van der Waals surface area contributed by atoms with Gasteiger partial charge in [0.15, 0.2) is 0 Å². The Labute approximate surface area is 70.6 Å². The fourth-order valence-corrected chi connectivity index (χ4v) is 1.07. The minimum atomic E-state index is -0.785. The lowest BCUT2D eigenvalue weighted by Gasteiger charge is -2.04. The third-order valence-electron chi connectivity index (χ3n) is 1.70. The molecule has 0 radical (unpaired) electrons. The summed E-state index contributed by atoms with van der Waals surface area (Å²) in [6, 6.07) is 3.76. The lowest BCUT2D eigenvalue weighted by molar-refractivity contribution is -0.137. The molecule has 1 aromatic heterocycles. The standard InChI is InChI=1S/C8H12N2O2/c9-6-7-2-1-4-10(7)5-3-8(11)12/h1-2,4H,3,5-6,9H2,(H,11,12). The molecule has 0 aliphatic carbocycles. The summed E-state index contributed by atoms with van der Waals surface area (Å²) < 4.78 is 1.86. The number of hydrogen-bond donors (Lipinski definition) is 2. The van der Waals surface area contributed by atoms with Crippen LogP contribution in [0.25, 0.3) is 0 Å². The molecule has 0 bridgehead atoms. The Bertz CT molecular complexity index is 268. The third-order valence-corrected chi connectivity index (χ3v) is 1.70. The van der Waals surface area contributed by atoms with Crippen molar-refractivity contribution < 1.29 is 9.90 Å². The predicted molar refractivity (Wildman–Crippen MR) is 44.6 cm³/mol. The zero-order chi connectivity index (χ0) is 8.97. The lowest BCUT2D eigenvalue weighted by atomic mass is 10.4. The van der Waals surface area contributed by atoms with Crippen LogP contribution in [0.2, 0.25) is 0 Å². The molecule has 0 spiro atoms. The van der Waals surface area contributed by atoms with E-state index in [-0.39, 0.29) is 6.42 Å². The number of carboxylic acids is 1. The molecular formula is C8H12N2O2. The Morgan fingerprint density at radius 2 is 2.42 bits per heavy atom. The van der Waals surface area contributed by atoms with Gasteiger partial charge in [-0.05, 0) is 12.1 Å². The first kappa shape index (κ1) is 8.80. The number of nitrogens with two attached hydrogens (primary N) is 1. The molecule has 0 amide bonds. The van der Waals surface area contributed by atoms with Crippen LogP contribution in [0.4, 0.5) is 0 Å². The molecule has 0 fully saturated rings. The molecule has 0 saturated heterocycles. The van der Waals surface area contributed by atoms with Gasteiger partial charge in [-0.25, -0.2) is 0 Å². The number of aromatic nitrogens is 1. The third kappa shape index (κ3) is 2.10. The second-order valence-corrected chi connectivity index (χ2v) is 2.54. The summed E-state index contributed by atoms with van der Waals surface area (Å²) in [5.74, 6) is -0.785. The average molecular weight is 168 g/mol. The van der Waals surface area contributed by atoms with Crippen molar-refractivity contribution in [2.45, 2.75) is 19.5 Å². The van der Waals surface area contributed by atoms with Crippen molar-refractivity contribution in [1.82, 2.24) is 4.57 Å². The van der Waals surface area contributed by atoms with E-state index in [0.717, 1.165) is 5.69 Å². The van der Waals surface area contributed by atoms with Crippen molar-refractivity contribution >= 4 is 5.97 Å². The van der Waals surface area contributed by atoms with Gasteiger partial charge in [0.1, 0.15) is 0 Å². The highest BCUT2D eigenvalue weighted by molar-refractivity contribution is 5.66. The topological polar surface area (TPSA) is 68.2 Å². The summed E-state index contributed by atoms with van der Waals surface area (Å²) >= 11 is 0. The van der Waals surface area contributed by atoms with Crippen LogP contribution in [0.5, 0.6) is 0 Å². The van der Waals surface area contributed by atoms with Crippen LogP contribution in [-0.4, -0.2) is 15.6 Å². The van der Waals surface area contributed by atoms with E-state index in [2.05, 4.69) is 0 Å². The van der Waals surface area contributed by atoms with Gasteiger partial charge in [-0.3, -0.25) is 4.79 Å². The van der Waals surface area contributed by atoms with Crippen molar-refractivity contribution in [2.75, 3.05) is 0 Å². The second kappa shape index (κ2) is 3.92. The zero-order valence-electron chi connectivity index (χ0n) is 6.73. The van der Waals surface area contributed by atoms with Crippen LogP contribution in [-0.2, 0) is 17.9 Å². The molecule has 1 aromatic rings. The average Bonchev–Trinajstić information content (AvgIpc) is 2.47. The fourth-order valence-electron chi connectivity index (χ4n) is 1.07. The number of aliphatic carboxylic acids is 1. The van der Waals surface area contributed by atoms with E-state index in [0.29, 0.717) is 13.1 Å². The van der Waals surface area contributed by atoms with E-state index in [9.17, 15) is 4.79 Å². The Morgan fingerprint density at radius 3 is 3.00 bits per heavy atom. The molecule has 3 N–H and O–H groups in total. The van der Waals surface area contributed by atoms with Gasteiger partial charge in [-0.1, -0.05) is 0 Å². The summed E-state index contributed by atoms with van der Waals surface area (Å²) in [6.45, 7) is 0.946. The first-order valence-corrected chi connectivity index (χ1v) is 3.80. The first-order chi connectivity index (χ1) is 5.74. The number of hydrogen-bond acceptors (Lipinski definition) is 2. The van der Waals surface area contributed by atoms with E-state index < -0.39 is 5.97 Å². The van der Waals surface area contributed by atoms with Gasteiger partial charge in [0.25, 0.3) is 0 Å². The van der Waals surface area contributed by atoms with Gasteiger partial charge in [-0.15, -0.1) is 0 Å². The summed E-state index contributed by atoms with van der Waals surface area (Å²) in [5.41, 5.74) is 6.40. The quantitative estimate of drug-likeness (QED) is 0.684. The number of nitrogens with zero attached hydrogens (tertiary/aromatic N) is 1. The smallest absolute Gasteiger partial charge is 0.305 e. The molecule has 66 valence electrons. The summed E-state index contributed by atoms with van der Waals surface area (Å²) in [5, 5.41) is 8.43. The summed E-state index contributed by atoms with van der Waals surface area (Å²) in [7, 11) is 0. The number of carbonyl (C=O) groups is 1. The van der Waals surface area contributed by atoms with E-state index in [1.54, 1.807) is 0 Å². The molecule has 0 aromatic carbocycles. The second-order valence-electron chi connectivity index (χ2n) is 2.54. The SMILES string of the molecule is NCc1cccn1CCC(=O)O. The number of carboxylic acid groups (broad SMARTS) is 1. The van der Waals surface area contributed by atoms with Crippen LogP contribution in [0.3, 0.4) is 0 Å². The number of aryl methyl sites for hydroxylation is 1. The van der Waals surface area contributed by atoms with Crippen molar-refractivity contribution in [2.24, 2.45) is 5.73 Å². The van der Waals surface area contributed by atoms with E-state index >= 15 is 0 Å². The Balaban J connectivity index is 2.56. The summed E-state index contributed by atoms with van der Waals surface area (Å²) in [4.78, 5) is 10.2. The van der Waals surface area contributed by atoms with E-state index in [4.69, 9.17) is 10.8 Å². The van der Waals surface area contributed by atoms with Gasteiger partial charge in [0.2, 0.25) is 0 Å². The van der Waals surface area contributed by atoms with Gasteiger partial charge in [-0.2, -0.15) is 0 Å². The molecule has 1 rings (SSSR count). The first-order valence-electron chi connectivity index (χ1n) is 3.80. The molecule has 1 heterocycles. The largest absolute Gasteiger partial charge is 0.481 e. The van der Waals surface area contributed by atoms with Crippen molar-refractivity contribution in [3.8, 4) is 0 Å². The van der Waals surface area contributed by atoms with Crippen molar-refractivity contribution in [1.29, 1.82) is 0 Å². The monoisotopic (exact) mass is 168 g/mol. The Kier molecular flexibility index (Phi) is 2.88. The van der Waals surface area contributed by atoms with Crippen LogP contribution >= 0.6 is 0 Å². The molecule has 0 atom stereocenters. The Hall–Kier alpha value is -1.29. The number of rotatable bonds is 4. The van der Waals surface area contributed by atoms with Gasteiger partial charge in [0.05, 0.1) is 6.42 Å². The molecule has 0 aliphatic rings. The Morgan fingerprint density at radius 1 is 1.67 bits per heavy atom. The van der Waals surface area contributed by atoms with Crippen LogP contribution in [0, 0.1) is 0 Å². The van der Waals surface area contributed by atoms with Crippen molar-refractivity contribution in [3.05, 3.63) is 24.0 Å². The minimum absolute atomic E-state index is 0.141. The predicted octanol–water partition coefficient (Wildman–Crippen LogP) is 0.421. The highest BCUT2D eigenvalue weighted by atomic mass is 16.4. The van der Waals surface area contributed by atoms with Crippen LogP contribution in [0.1, 0.15) is 12.1 Å². The minimum Gasteiger partial charge on any atom is -0.481 e. The molecular weight excluding hydrogens is 156 g/mol. The van der Waals surface area contributed by atoms with Crippen LogP contribution < -0.4 is 5.73 Å². The molecule has 4 nitrogen and oxygen atoms in total. The van der Waals surface area contributed by atoms with Crippen molar-refractivity contribution in [3.63, 3.8) is 0 Å². The van der Waals surface area contributed by atoms with E-state index in [1.165, 1.54) is 0 Å². The van der Waals surface area contributed by atoms with Gasteiger partial charge in [0, 0.05) is 25.0 Å². The lowest BCUT2D eigenvalue weighted by Crippen LogP contribution is -2.09. The highest BCUT2D eigenvalue weighted by Crippen LogP contribution is 2.01. The van der Waals surface area contributed by atoms with E-state index in [1.807, 2.05) is 22.9 Å². The zero-order valence-corrected chi connectivity index (χ0v) is 6.73. The molecule has 0 saturated carbocycles. The molecule has 0 unspecified atom stereocenters. The highest BCUT2D eigenvalue weighted by Gasteiger charge is 2.00. The summed E-state index contributed by atoms with van der Waals surface area (Å²) in [6.07, 6.45) is 1.98.